The Balaban J connectivity index is 1.70. The normalized spacial score (nSPS) is 22.9. The van der Waals surface area contributed by atoms with E-state index in [-0.39, 0.29) is 0 Å². The summed E-state index contributed by atoms with van der Waals surface area (Å²) >= 11 is 0. The number of aryl methyl sites for hydroxylation is 1. The van der Waals surface area contributed by atoms with Gasteiger partial charge >= 0.3 is 0 Å². The number of hydrogen-bond donors (Lipinski definition) is 0. The lowest BCUT2D eigenvalue weighted by molar-refractivity contribution is 0.340. The first-order valence-corrected chi connectivity index (χ1v) is 7.66. The van der Waals surface area contributed by atoms with Crippen molar-refractivity contribution in [2.75, 3.05) is 0 Å². The second kappa shape index (κ2) is 5.78. The molecule has 1 aromatic carbocycles. The predicted molar refractivity (Wildman–Crippen MR) is 80.7 cm³/mol. The van der Waals surface area contributed by atoms with Crippen molar-refractivity contribution in [1.29, 1.82) is 0 Å². The molecule has 1 aromatic heterocycles. The Kier molecular flexibility index (Phi) is 3.86. The molecule has 2 aromatic rings. The maximum atomic E-state index is 4.41. The predicted octanol–water partition coefficient (Wildman–Crippen LogP) is 3.93. The number of hydrogen-bond acceptors (Lipinski definition) is 2. The lowest BCUT2D eigenvalue weighted by Gasteiger charge is -2.24. The van der Waals surface area contributed by atoms with Crippen molar-refractivity contribution in [3.05, 3.63) is 47.3 Å². The fourth-order valence-electron chi connectivity index (χ4n) is 3.28. The molecule has 3 heteroatoms. The van der Waals surface area contributed by atoms with Gasteiger partial charge in [-0.3, -0.25) is 0 Å². The van der Waals surface area contributed by atoms with Crippen molar-refractivity contribution < 1.29 is 0 Å². The summed E-state index contributed by atoms with van der Waals surface area (Å²) in [5.41, 5.74) is 3.77. The van der Waals surface area contributed by atoms with Crippen LogP contribution in [0.2, 0.25) is 0 Å². The number of nitrogens with zero attached hydrogens (tertiary/aromatic N) is 3. The minimum absolute atomic E-state index is 0.616. The molecule has 1 heterocycles. The van der Waals surface area contributed by atoms with Gasteiger partial charge in [-0.25, -0.2) is 4.68 Å². The molecule has 0 aliphatic heterocycles. The average Bonchev–Trinajstić information content (AvgIpc) is 2.87. The van der Waals surface area contributed by atoms with Crippen LogP contribution in [0.4, 0.5) is 0 Å². The first-order chi connectivity index (χ1) is 9.70. The highest BCUT2D eigenvalue weighted by Crippen LogP contribution is 2.34. The molecule has 0 bridgehead atoms. The SMILES string of the molecule is Cc1cccc(Cn2cc(C3CCCC(C)C3)nn2)c1. The van der Waals surface area contributed by atoms with Crippen LogP contribution in [0.5, 0.6) is 0 Å². The molecule has 0 radical (unpaired) electrons. The molecule has 1 aliphatic rings. The van der Waals surface area contributed by atoms with Crippen molar-refractivity contribution in [3.63, 3.8) is 0 Å². The van der Waals surface area contributed by atoms with Crippen molar-refractivity contribution in [3.8, 4) is 0 Å². The third-order valence-electron chi connectivity index (χ3n) is 4.34. The van der Waals surface area contributed by atoms with Gasteiger partial charge in [-0.1, -0.05) is 54.8 Å². The Labute approximate surface area is 121 Å². The molecule has 1 saturated carbocycles. The Bertz CT molecular complexity index is 573. The molecule has 2 unspecified atom stereocenters. The van der Waals surface area contributed by atoms with Crippen molar-refractivity contribution in [1.82, 2.24) is 15.0 Å². The van der Waals surface area contributed by atoms with E-state index in [1.165, 1.54) is 42.5 Å². The topological polar surface area (TPSA) is 30.7 Å². The Morgan fingerprint density at radius 1 is 1.30 bits per heavy atom. The molecule has 1 aliphatic carbocycles. The number of aromatic nitrogens is 3. The van der Waals surface area contributed by atoms with E-state index in [4.69, 9.17) is 0 Å². The van der Waals surface area contributed by atoms with Gasteiger partial charge in [-0.15, -0.1) is 5.10 Å². The summed E-state index contributed by atoms with van der Waals surface area (Å²) in [4.78, 5) is 0. The smallest absolute Gasteiger partial charge is 0.0858 e. The molecule has 0 spiro atoms. The van der Waals surface area contributed by atoms with E-state index in [0.29, 0.717) is 5.92 Å². The van der Waals surface area contributed by atoms with E-state index in [9.17, 15) is 0 Å². The van der Waals surface area contributed by atoms with Crippen molar-refractivity contribution in [2.24, 2.45) is 5.92 Å². The minimum atomic E-state index is 0.616. The van der Waals surface area contributed by atoms with E-state index < -0.39 is 0 Å². The maximum absolute atomic E-state index is 4.41. The van der Waals surface area contributed by atoms with Crippen LogP contribution in [0.1, 0.15) is 55.3 Å². The van der Waals surface area contributed by atoms with Crippen molar-refractivity contribution in [2.45, 2.75) is 52.0 Å². The highest BCUT2D eigenvalue weighted by molar-refractivity contribution is 5.22. The Hall–Kier alpha value is -1.64. The monoisotopic (exact) mass is 269 g/mol. The van der Waals surface area contributed by atoms with Gasteiger partial charge in [0.2, 0.25) is 0 Å². The van der Waals surface area contributed by atoms with Gasteiger partial charge in [0.05, 0.1) is 12.2 Å². The molecule has 20 heavy (non-hydrogen) atoms. The molecule has 3 nitrogen and oxygen atoms in total. The standard InChI is InChI=1S/C17H23N3/c1-13-5-3-7-15(9-13)11-20-12-17(18-19-20)16-8-4-6-14(2)10-16/h3,5,7,9,12,14,16H,4,6,8,10-11H2,1-2H3. The van der Waals surface area contributed by atoms with Gasteiger partial charge in [-0.05, 0) is 31.2 Å². The molecular weight excluding hydrogens is 246 g/mol. The first kappa shape index (κ1) is 13.3. The third-order valence-corrected chi connectivity index (χ3v) is 4.34. The molecule has 1 fully saturated rings. The number of benzene rings is 1. The summed E-state index contributed by atoms with van der Waals surface area (Å²) in [5.74, 6) is 1.45. The highest BCUT2D eigenvalue weighted by Gasteiger charge is 2.22. The lowest BCUT2D eigenvalue weighted by Crippen LogP contribution is -2.12. The minimum Gasteiger partial charge on any atom is -0.248 e. The average molecular weight is 269 g/mol. The molecule has 2 atom stereocenters. The fourth-order valence-corrected chi connectivity index (χ4v) is 3.28. The fraction of sp³-hybridized carbons (Fsp3) is 0.529. The van der Waals surface area contributed by atoms with Crippen LogP contribution in [0.25, 0.3) is 0 Å². The van der Waals surface area contributed by atoms with Gasteiger partial charge in [0.25, 0.3) is 0 Å². The Morgan fingerprint density at radius 2 is 2.20 bits per heavy atom. The number of rotatable bonds is 3. The zero-order chi connectivity index (χ0) is 13.9. The summed E-state index contributed by atoms with van der Waals surface area (Å²) in [6.45, 7) is 5.29. The van der Waals surface area contributed by atoms with Gasteiger partial charge in [0.15, 0.2) is 0 Å². The van der Waals surface area contributed by atoms with E-state index in [1.54, 1.807) is 0 Å². The van der Waals surface area contributed by atoms with Gasteiger partial charge < -0.3 is 0 Å². The lowest BCUT2D eigenvalue weighted by atomic mass is 9.81. The van der Waals surface area contributed by atoms with Gasteiger partial charge in [0.1, 0.15) is 0 Å². The van der Waals surface area contributed by atoms with E-state index in [1.807, 2.05) is 4.68 Å². The quantitative estimate of drug-likeness (QED) is 0.845. The van der Waals surface area contributed by atoms with Crippen LogP contribution in [-0.4, -0.2) is 15.0 Å². The van der Waals surface area contributed by atoms with Gasteiger partial charge in [-0.2, -0.15) is 0 Å². The largest absolute Gasteiger partial charge is 0.248 e. The van der Waals surface area contributed by atoms with Crippen LogP contribution < -0.4 is 0 Å². The molecule has 0 saturated heterocycles. The summed E-state index contributed by atoms with van der Waals surface area (Å²) in [6, 6.07) is 8.59. The summed E-state index contributed by atoms with van der Waals surface area (Å²) in [6.07, 6.45) is 7.38. The molecule has 3 rings (SSSR count). The van der Waals surface area contributed by atoms with Crippen LogP contribution >= 0.6 is 0 Å². The first-order valence-electron chi connectivity index (χ1n) is 7.66. The molecule has 0 amide bonds. The molecule has 0 N–H and O–H groups in total. The van der Waals surface area contributed by atoms with Crippen LogP contribution in [-0.2, 0) is 6.54 Å². The zero-order valence-electron chi connectivity index (χ0n) is 12.4. The second-order valence-electron chi connectivity index (χ2n) is 6.30. The van der Waals surface area contributed by atoms with E-state index >= 15 is 0 Å². The van der Waals surface area contributed by atoms with Gasteiger partial charge in [0, 0.05) is 12.1 Å². The summed E-state index contributed by atoms with van der Waals surface area (Å²) < 4.78 is 1.98. The Morgan fingerprint density at radius 3 is 3.00 bits per heavy atom. The maximum Gasteiger partial charge on any atom is 0.0858 e. The summed E-state index contributed by atoms with van der Waals surface area (Å²) in [5, 5.41) is 8.71. The van der Waals surface area contributed by atoms with Crippen molar-refractivity contribution >= 4 is 0 Å². The third kappa shape index (κ3) is 3.09. The molecular formula is C17H23N3. The van der Waals surface area contributed by atoms with Crippen LogP contribution in [0.15, 0.2) is 30.5 Å². The van der Waals surface area contributed by atoms with Crippen LogP contribution in [0.3, 0.4) is 0 Å². The van der Waals surface area contributed by atoms with Crippen LogP contribution in [0, 0.1) is 12.8 Å². The molecule has 106 valence electrons. The van der Waals surface area contributed by atoms with E-state index in [2.05, 4.69) is 54.6 Å². The van der Waals surface area contributed by atoms with E-state index in [0.717, 1.165) is 12.5 Å². The second-order valence-corrected chi connectivity index (χ2v) is 6.30. The summed E-state index contributed by atoms with van der Waals surface area (Å²) in [7, 11) is 0. The highest BCUT2D eigenvalue weighted by atomic mass is 15.4. The zero-order valence-corrected chi connectivity index (χ0v) is 12.4.